The Morgan fingerprint density at radius 2 is 1.55 bits per heavy atom. The van der Waals surface area contributed by atoms with E-state index in [2.05, 4.69) is 0 Å². The van der Waals surface area contributed by atoms with E-state index >= 15 is 0 Å². The van der Waals surface area contributed by atoms with E-state index in [1.165, 1.54) is 0 Å². The van der Waals surface area contributed by atoms with Crippen molar-refractivity contribution in [2.24, 2.45) is 0 Å². The van der Waals surface area contributed by atoms with E-state index < -0.39 is 41.2 Å². The van der Waals surface area contributed by atoms with Crippen LogP contribution in [0, 0.1) is 20.2 Å². The van der Waals surface area contributed by atoms with Crippen molar-refractivity contribution in [3.8, 4) is 0 Å². The molecule has 0 saturated carbocycles. The lowest BCUT2D eigenvalue weighted by molar-refractivity contribution is -0.394. The van der Waals surface area contributed by atoms with Crippen LogP contribution >= 0.6 is 11.6 Å². The molecule has 0 aromatic heterocycles. The van der Waals surface area contributed by atoms with Crippen molar-refractivity contribution in [3.63, 3.8) is 0 Å². The van der Waals surface area contributed by atoms with Gasteiger partial charge in [-0.25, -0.2) is 8.42 Å². The molecule has 0 N–H and O–H groups in total. The third-order valence-corrected chi connectivity index (χ3v) is 5.27. The van der Waals surface area contributed by atoms with Gasteiger partial charge in [0.15, 0.2) is 5.02 Å². The van der Waals surface area contributed by atoms with Gasteiger partial charge in [0.05, 0.1) is 28.0 Å². The van der Waals surface area contributed by atoms with Gasteiger partial charge in [0.1, 0.15) is 0 Å². The van der Waals surface area contributed by atoms with E-state index in [0.29, 0.717) is 0 Å². The molecule has 1 aromatic carbocycles. The molecule has 22 heavy (non-hydrogen) atoms. The Morgan fingerprint density at radius 3 is 1.95 bits per heavy atom. The third kappa shape index (κ3) is 3.02. The molecule has 0 radical (unpaired) electrons. The van der Waals surface area contributed by atoms with Crippen molar-refractivity contribution in [2.45, 2.75) is 4.90 Å². The zero-order valence-electron chi connectivity index (χ0n) is 11.0. The minimum Gasteiger partial charge on any atom is -0.379 e. The van der Waals surface area contributed by atoms with Crippen molar-refractivity contribution < 1.29 is 23.0 Å². The van der Waals surface area contributed by atoms with E-state index in [1.54, 1.807) is 0 Å². The van der Waals surface area contributed by atoms with Crippen LogP contribution in [0.25, 0.3) is 0 Å². The average molecular weight is 352 g/mol. The summed E-state index contributed by atoms with van der Waals surface area (Å²) in [5, 5.41) is 21.1. The van der Waals surface area contributed by atoms with Crippen LogP contribution in [0.3, 0.4) is 0 Å². The molecular weight excluding hydrogens is 342 g/mol. The second-order valence-electron chi connectivity index (χ2n) is 4.31. The van der Waals surface area contributed by atoms with Gasteiger partial charge in [-0.15, -0.1) is 0 Å². The summed E-state index contributed by atoms with van der Waals surface area (Å²) in [6, 6.07) is 1.44. The highest BCUT2D eigenvalue weighted by Crippen LogP contribution is 2.37. The molecule has 0 aliphatic carbocycles. The molecular formula is C10H10ClN3O7S. The third-order valence-electron chi connectivity index (χ3n) is 3.01. The van der Waals surface area contributed by atoms with Gasteiger partial charge in [0.25, 0.3) is 11.4 Å². The number of nitrogens with zero attached hydrogens (tertiary/aromatic N) is 3. The maximum absolute atomic E-state index is 12.4. The number of hydrogen-bond donors (Lipinski definition) is 0. The number of ether oxygens (including phenoxy) is 1. The molecule has 10 nitrogen and oxygen atoms in total. The number of benzene rings is 1. The normalized spacial score (nSPS) is 16.4. The van der Waals surface area contributed by atoms with E-state index in [-0.39, 0.29) is 26.3 Å². The Bertz CT molecular complexity index is 695. The first-order valence-corrected chi connectivity index (χ1v) is 7.77. The first kappa shape index (κ1) is 16.5. The molecule has 1 saturated heterocycles. The lowest BCUT2D eigenvalue weighted by Gasteiger charge is -2.25. The van der Waals surface area contributed by atoms with Crippen molar-refractivity contribution in [2.75, 3.05) is 26.3 Å². The van der Waals surface area contributed by atoms with Crippen LogP contribution in [-0.2, 0) is 14.8 Å². The van der Waals surface area contributed by atoms with E-state index in [1.807, 2.05) is 0 Å². The minimum atomic E-state index is -4.11. The van der Waals surface area contributed by atoms with Crippen molar-refractivity contribution in [1.29, 1.82) is 0 Å². The molecule has 1 aliphatic heterocycles. The Balaban J connectivity index is 2.59. The Hall–Kier alpha value is -1.82. The SMILES string of the molecule is O=[N+]([O-])c1cc(S(=O)(=O)N2CCOCC2)cc([N+](=O)[O-])c1Cl. The van der Waals surface area contributed by atoms with Crippen LogP contribution in [-0.4, -0.2) is 48.9 Å². The zero-order chi connectivity index (χ0) is 16.5. The standard InChI is InChI=1S/C10H10ClN3O7S/c11-10-8(13(15)16)5-7(6-9(10)14(17)18)22(19,20)12-1-3-21-4-2-12/h5-6H,1-4H2. The number of hydrogen-bond acceptors (Lipinski definition) is 7. The molecule has 1 aromatic rings. The molecule has 0 amide bonds. The fraction of sp³-hybridized carbons (Fsp3) is 0.400. The molecule has 2 rings (SSSR count). The number of nitro benzene ring substituents is 2. The molecule has 1 fully saturated rings. The lowest BCUT2D eigenvalue weighted by Crippen LogP contribution is -2.40. The van der Waals surface area contributed by atoms with Gasteiger partial charge in [-0.3, -0.25) is 20.2 Å². The van der Waals surface area contributed by atoms with Crippen LogP contribution in [0.4, 0.5) is 11.4 Å². The summed E-state index contributed by atoms with van der Waals surface area (Å²) < 4.78 is 30.9. The first-order valence-electron chi connectivity index (χ1n) is 5.95. The lowest BCUT2D eigenvalue weighted by atomic mass is 10.3. The molecule has 0 unspecified atom stereocenters. The average Bonchev–Trinajstić information content (AvgIpc) is 2.47. The fourth-order valence-corrected chi connectivity index (χ4v) is 3.62. The van der Waals surface area contributed by atoms with Gasteiger partial charge < -0.3 is 4.74 Å². The molecule has 1 heterocycles. The van der Waals surface area contributed by atoms with Crippen LogP contribution in [0.2, 0.25) is 5.02 Å². The highest BCUT2D eigenvalue weighted by molar-refractivity contribution is 7.89. The van der Waals surface area contributed by atoms with Crippen molar-refractivity contribution in [3.05, 3.63) is 37.4 Å². The summed E-state index contributed by atoms with van der Waals surface area (Å²) in [5.41, 5.74) is -1.66. The predicted octanol–water partition coefficient (Wildman–Crippen LogP) is 1.18. The van der Waals surface area contributed by atoms with Crippen LogP contribution < -0.4 is 0 Å². The largest absolute Gasteiger partial charge is 0.379 e. The molecule has 1 aliphatic rings. The van der Waals surface area contributed by atoms with Crippen LogP contribution in [0.5, 0.6) is 0 Å². The predicted molar refractivity (Wildman–Crippen MR) is 74.3 cm³/mol. The molecule has 0 spiro atoms. The van der Waals surface area contributed by atoms with E-state index in [0.717, 1.165) is 16.4 Å². The first-order chi connectivity index (χ1) is 10.2. The Kier molecular flexibility index (Phi) is 4.60. The summed E-state index contributed by atoms with van der Waals surface area (Å²) in [7, 11) is -4.11. The van der Waals surface area contributed by atoms with Gasteiger partial charge in [-0.05, 0) is 0 Å². The fourth-order valence-electron chi connectivity index (χ4n) is 1.92. The summed E-state index contributed by atoms with van der Waals surface area (Å²) in [5.74, 6) is 0. The van der Waals surface area contributed by atoms with Crippen molar-refractivity contribution >= 4 is 33.0 Å². The van der Waals surface area contributed by atoms with Crippen molar-refractivity contribution in [1.82, 2.24) is 4.31 Å². The van der Waals surface area contributed by atoms with Crippen LogP contribution in [0.1, 0.15) is 0 Å². The number of rotatable bonds is 4. The monoisotopic (exact) mass is 351 g/mol. The second-order valence-corrected chi connectivity index (χ2v) is 6.62. The van der Waals surface area contributed by atoms with E-state index in [4.69, 9.17) is 16.3 Å². The van der Waals surface area contributed by atoms with Gasteiger partial charge in [0.2, 0.25) is 10.0 Å². The van der Waals surface area contributed by atoms with Crippen LogP contribution in [0.15, 0.2) is 17.0 Å². The number of nitro groups is 2. The molecule has 0 atom stereocenters. The Labute approximate surface area is 129 Å². The Morgan fingerprint density at radius 1 is 1.09 bits per heavy atom. The maximum Gasteiger partial charge on any atom is 0.296 e. The molecule has 0 bridgehead atoms. The van der Waals surface area contributed by atoms with E-state index in [9.17, 15) is 28.6 Å². The highest BCUT2D eigenvalue weighted by atomic mass is 35.5. The van der Waals surface area contributed by atoms with Gasteiger partial charge >= 0.3 is 0 Å². The van der Waals surface area contributed by atoms with Gasteiger partial charge in [-0.1, -0.05) is 11.6 Å². The molecule has 12 heteroatoms. The topological polar surface area (TPSA) is 133 Å². The number of sulfonamides is 1. The number of morpholine rings is 1. The quantitative estimate of drug-likeness (QED) is 0.587. The summed E-state index contributed by atoms with van der Waals surface area (Å²) in [6.07, 6.45) is 0. The zero-order valence-corrected chi connectivity index (χ0v) is 12.5. The summed E-state index contributed by atoms with van der Waals surface area (Å²) in [6.45, 7) is 0.479. The number of halogens is 1. The van der Waals surface area contributed by atoms with Gasteiger partial charge in [0, 0.05) is 25.2 Å². The summed E-state index contributed by atoms with van der Waals surface area (Å²) >= 11 is 5.59. The minimum absolute atomic E-state index is 0.0621. The van der Waals surface area contributed by atoms with Gasteiger partial charge in [-0.2, -0.15) is 4.31 Å². The second kappa shape index (κ2) is 6.12. The smallest absolute Gasteiger partial charge is 0.296 e. The maximum atomic E-state index is 12.4. The summed E-state index contributed by atoms with van der Waals surface area (Å²) in [4.78, 5) is 19.4. The molecule has 120 valence electrons. The highest BCUT2D eigenvalue weighted by Gasteiger charge is 2.33.